The average molecular weight is 604 g/mol. The number of hydrogen-bond acceptors (Lipinski definition) is 3. The molecule has 0 radical (unpaired) electrons. The summed E-state index contributed by atoms with van der Waals surface area (Å²) in [5.74, 6) is 0.823. The molecule has 0 saturated heterocycles. The van der Waals surface area contributed by atoms with Crippen molar-refractivity contribution >= 4 is 36.6 Å². The molecule has 1 aliphatic rings. The predicted octanol–water partition coefficient (Wildman–Crippen LogP) is 7.96. The number of fused-ring (bicyclic) bond motifs is 3. The zero-order valence-corrected chi connectivity index (χ0v) is 27.1. The van der Waals surface area contributed by atoms with Crippen LogP contribution in [0, 0.1) is 0 Å². The molecule has 0 unspecified atom stereocenters. The van der Waals surface area contributed by atoms with Crippen LogP contribution in [0.5, 0.6) is 5.75 Å². The molecule has 6 aromatic rings. The van der Waals surface area contributed by atoms with E-state index in [1.807, 2.05) is 0 Å². The Balaban J connectivity index is 1.51. The van der Waals surface area contributed by atoms with Crippen LogP contribution in [0.4, 0.5) is 0 Å². The van der Waals surface area contributed by atoms with Crippen molar-refractivity contribution in [2.75, 3.05) is 0 Å². The van der Waals surface area contributed by atoms with Crippen LogP contribution in [-0.2, 0) is 16.8 Å². The van der Waals surface area contributed by atoms with Gasteiger partial charge in [0.2, 0.25) is 0 Å². The number of nitrogens with one attached hydrogen (secondary N) is 1. The highest BCUT2D eigenvalue weighted by molar-refractivity contribution is 6.88. The van der Waals surface area contributed by atoms with Crippen molar-refractivity contribution in [3.05, 3.63) is 174 Å². The molecule has 1 heterocycles. The van der Waals surface area contributed by atoms with Crippen molar-refractivity contribution in [3.8, 4) is 5.75 Å². The van der Waals surface area contributed by atoms with E-state index >= 15 is 0 Å². The highest BCUT2D eigenvalue weighted by atomic mass is 28.3. The molecular weight excluding hydrogens is 565 g/mol. The summed E-state index contributed by atoms with van der Waals surface area (Å²) in [5.41, 5.74) is 4.42. The molecule has 0 spiro atoms. The molecule has 1 atom stereocenters. The maximum Gasteiger partial charge on any atom is 0.563 e. The van der Waals surface area contributed by atoms with Gasteiger partial charge in [0.1, 0.15) is 11.4 Å². The van der Waals surface area contributed by atoms with Gasteiger partial charge in [0.15, 0.2) is 0 Å². The molecular formula is C40H38BNO2Si. The van der Waals surface area contributed by atoms with Crippen molar-refractivity contribution in [3.63, 3.8) is 0 Å². The molecule has 7 rings (SSSR count). The lowest BCUT2D eigenvalue weighted by Gasteiger charge is -2.43. The van der Waals surface area contributed by atoms with Gasteiger partial charge in [0, 0.05) is 12.1 Å². The zero-order valence-electron chi connectivity index (χ0n) is 26.1. The first-order valence-corrected chi connectivity index (χ1v) is 19.3. The first kappa shape index (κ1) is 29.3. The Hall–Kier alpha value is -4.42. The van der Waals surface area contributed by atoms with Gasteiger partial charge in [-0.1, -0.05) is 170 Å². The fraction of sp³-hybridized carbons (Fsp3) is 0.150. The van der Waals surface area contributed by atoms with E-state index in [1.165, 1.54) is 16.0 Å². The maximum absolute atomic E-state index is 7.61. The van der Waals surface area contributed by atoms with Crippen LogP contribution in [0.1, 0.15) is 28.3 Å². The molecule has 222 valence electrons. The second-order valence-electron chi connectivity index (χ2n) is 12.9. The molecule has 0 saturated carbocycles. The van der Waals surface area contributed by atoms with Gasteiger partial charge in [0.05, 0.1) is 14.1 Å². The van der Waals surface area contributed by atoms with Crippen molar-refractivity contribution in [2.24, 2.45) is 0 Å². The summed E-state index contributed by atoms with van der Waals surface area (Å²) >= 11 is 0. The molecule has 0 fully saturated rings. The maximum atomic E-state index is 7.61. The molecule has 0 bridgehead atoms. The summed E-state index contributed by atoms with van der Waals surface area (Å²) < 4.78 is 14.7. The third kappa shape index (κ3) is 5.64. The lowest BCUT2D eigenvalue weighted by atomic mass is 9.71. The van der Waals surface area contributed by atoms with Gasteiger partial charge in [-0.05, 0) is 39.0 Å². The number of rotatable bonds is 5. The largest absolute Gasteiger partial charge is 0.563 e. The van der Waals surface area contributed by atoms with Gasteiger partial charge in [-0.2, -0.15) is 0 Å². The van der Waals surface area contributed by atoms with E-state index in [2.05, 4.69) is 177 Å². The molecule has 1 aliphatic heterocycles. The molecule has 6 aromatic carbocycles. The first-order valence-electron chi connectivity index (χ1n) is 15.8. The van der Waals surface area contributed by atoms with Gasteiger partial charge >= 0.3 is 7.12 Å². The molecule has 3 nitrogen and oxygen atoms in total. The van der Waals surface area contributed by atoms with Crippen LogP contribution in [0.25, 0.3) is 10.8 Å². The van der Waals surface area contributed by atoms with Crippen LogP contribution < -0.4 is 20.6 Å². The quantitative estimate of drug-likeness (QED) is 0.203. The van der Waals surface area contributed by atoms with Crippen molar-refractivity contribution in [1.82, 2.24) is 5.32 Å². The normalized spacial score (nSPS) is 16.6. The van der Waals surface area contributed by atoms with Crippen molar-refractivity contribution < 1.29 is 9.31 Å². The van der Waals surface area contributed by atoms with E-state index in [4.69, 9.17) is 9.31 Å². The minimum Gasteiger partial charge on any atom is -0.532 e. The molecule has 0 aromatic heterocycles. The van der Waals surface area contributed by atoms with Gasteiger partial charge in [0.25, 0.3) is 0 Å². The number of benzene rings is 6. The molecule has 1 N–H and O–H groups in total. The molecule has 0 amide bonds. The highest BCUT2D eigenvalue weighted by Crippen LogP contribution is 2.46. The standard InChI is InChI=1S/C40H38BNO2Si/c1-45(2,3)35-26-24-34(25-27-35)41-43-38-28-23-30-15-13-14-22-36(30)37(38)29-42-39(31-16-7-4-8-17-31)40(44-41,32-18-9-5-10-19-32)33-20-11-6-12-21-33/h4-28,39,42H,29H2,1-3H3/t39-/m1/s1. The Morgan fingerprint density at radius 3 is 1.84 bits per heavy atom. The topological polar surface area (TPSA) is 30.5 Å². The van der Waals surface area contributed by atoms with E-state index in [0.29, 0.717) is 6.54 Å². The van der Waals surface area contributed by atoms with Crippen LogP contribution in [-0.4, -0.2) is 15.2 Å². The summed E-state index contributed by atoms with van der Waals surface area (Å²) in [5, 5.41) is 7.78. The van der Waals surface area contributed by atoms with Crippen molar-refractivity contribution in [1.29, 1.82) is 0 Å². The average Bonchev–Trinajstić information content (AvgIpc) is 3.16. The fourth-order valence-corrected chi connectivity index (χ4v) is 7.78. The monoisotopic (exact) mass is 603 g/mol. The molecule has 0 aliphatic carbocycles. The number of hydrogen-bond donors (Lipinski definition) is 1. The van der Waals surface area contributed by atoms with E-state index in [0.717, 1.165) is 33.5 Å². The van der Waals surface area contributed by atoms with E-state index < -0.39 is 20.8 Å². The lowest BCUT2D eigenvalue weighted by molar-refractivity contribution is 0.0496. The Kier molecular flexibility index (Phi) is 7.92. The second-order valence-corrected chi connectivity index (χ2v) is 18.0. The zero-order chi connectivity index (χ0) is 30.9. The summed E-state index contributed by atoms with van der Waals surface area (Å²) in [6, 6.07) is 53.4. The lowest BCUT2D eigenvalue weighted by Crippen LogP contribution is -2.52. The van der Waals surface area contributed by atoms with E-state index in [9.17, 15) is 0 Å². The second kappa shape index (κ2) is 12.2. The Morgan fingerprint density at radius 1 is 0.644 bits per heavy atom. The summed E-state index contributed by atoms with van der Waals surface area (Å²) in [7, 11) is -2.19. The Bertz CT molecular complexity index is 1850. The van der Waals surface area contributed by atoms with Crippen LogP contribution in [0.3, 0.4) is 0 Å². The van der Waals surface area contributed by atoms with Gasteiger partial charge in [-0.3, -0.25) is 0 Å². The highest BCUT2D eigenvalue weighted by Gasteiger charge is 2.49. The third-order valence-electron chi connectivity index (χ3n) is 9.00. The van der Waals surface area contributed by atoms with E-state index in [-0.39, 0.29) is 6.04 Å². The van der Waals surface area contributed by atoms with Crippen LogP contribution in [0.15, 0.2) is 152 Å². The Morgan fingerprint density at radius 2 is 1.22 bits per heavy atom. The van der Waals surface area contributed by atoms with Crippen molar-refractivity contribution in [2.45, 2.75) is 37.8 Å². The SMILES string of the molecule is C[Si](C)(C)c1ccc(B2Oc3ccc4ccccc4c3CN[C@H](c3ccccc3)C(c3ccccc3)(c3ccccc3)O2)cc1. The first-order chi connectivity index (χ1) is 21.9. The van der Waals surface area contributed by atoms with E-state index in [1.54, 1.807) is 0 Å². The smallest absolute Gasteiger partial charge is 0.532 e. The summed E-state index contributed by atoms with van der Waals surface area (Å²) in [6.07, 6.45) is 0. The minimum absolute atomic E-state index is 0.249. The Labute approximate surface area is 268 Å². The van der Waals surface area contributed by atoms with Gasteiger partial charge < -0.3 is 14.6 Å². The van der Waals surface area contributed by atoms with Crippen LogP contribution >= 0.6 is 0 Å². The van der Waals surface area contributed by atoms with Crippen LogP contribution in [0.2, 0.25) is 19.6 Å². The fourth-order valence-electron chi connectivity index (χ4n) is 6.61. The summed E-state index contributed by atoms with van der Waals surface area (Å²) in [6.45, 7) is 7.73. The molecule has 45 heavy (non-hydrogen) atoms. The summed E-state index contributed by atoms with van der Waals surface area (Å²) in [4.78, 5) is 0. The van der Waals surface area contributed by atoms with Gasteiger partial charge in [-0.25, -0.2) is 0 Å². The third-order valence-corrected chi connectivity index (χ3v) is 11.1. The minimum atomic E-state index is -1.50. The predicted molar refractivity (Wildman–Crippen MR) is 190 cm³/mol. The van der Waals surface area contributed by atoms with Gasteiger partial charge in [-0.15, -0.1) is 0 Å². The molecule has 5 heteroatoms.